The van der Waals surface area contributed by atoms with Crippen molar-refractivity contribution in [2.75, 3.05) is 18.5 Å². The van der Waals surface area contributed by atoms with Crippen LogP contribution in [0.25, 0.3) is 0 Å². The van der Waals surface area contributed by atoms with Gasteiger partial charge in [0.25, 0.3) is 5.91 Å². The molecule has 0 aromatic heterocycles. The first-order valence-corrected chi connectivity index (χ1v) is 6.08. The molecule has 0 saturated heterocycles. The fraction of sp³-hybridized carbons (Fsp3) is 0.385. The molecule has 1 aromatic rings. The highest BCUT2D eigenvalue weighted by molar-refractivity contribution is 6.03. The van der Waals surface area contributed by atoms with E-state index in [1.807, 2.05) is 6.92 Å². The fourth-order valence-corrected chi connectivity index (χ4v) is 1.96. The number of nitrogens with one attached hydrogen (secondary N) is 1. The number of hydrogen-bond acceptors (Lipinski definition) is 4. The largest absolute Gasteiger partial charge is 0.508 e. The third-order valence-corrected chi connectivity index (χ3v) is 3.00. The summed E-state index contributed by atoms with van der Waals surface area (Å²) in [5.41, 5.74) is 0.496. The van der Waals surface area contributed by atoms with Crippen molar-refractivity contribution < 1.29 is 19.4 Å². The van der Waals surface area contributed by atoms with Gasteiger partial charge in [0.15, 0.2) is 6.10 Å². The van der Waals surface area contributed by atoms with Gasteiger partial charge in [0.05, 0.1) is 5.69 Å². The van der Waals surface area contributed by atoms with Gasteiger partial charge in [0.2, 0.25) is 5.91 Å². The Bertz CT molecular complexity index is 515. The highest BCUT2D eigenvalue weighted by Crippen LogP contribution is 2.37. The third kappa shape index (κ3) is 2.47. The number of nitrogens with zero attached hydrogens (tertiary/aromatic N) is 1. The molecule has 2 rings (SSSR count). The molecule has 0 fully saturated rings. The molecule has 0 spiro atoms. The lowest BCUT2D eigenvalue weighted by molar-refractivity contribution is -0.128. The molecular weight excluding hydrogens is 248 g/mol. The van der Waals surface area contributed by atoms with Crippen LogP contribution in [0.3, 0.4) is 0 Å². The Morgan fingerprint density at radius 3 is 2.89 bits per heavy atom. The standard InChI is InChI=1S/C13H16N2O4/c1-3-10-13(18)15(7-12(17)14-2)9-5-4-8(16)6-11(9)19-10/h4-6,10,16H,3,7H2,1-2H3,(H,14,17). The van der Waals surface area contributed by atoms with Crippen LogP contribution in [0, 0.1) is 0 Å². The molecule has 1 aromatic carbocycles. The molecule has 0 radical (unpaired) electrons. The normalized spacial score (nSPS) is 17.7. The zero-order valence-corrected chi connectivity index (χ0v) is 10.8. The summed E-state index contributed by atoms with van der Waals surface area (Å²) in [7, 11) is 1.52. The summed E-state index contributed by atoms with van der Waals surface area (Å²) in [6, 6.07) is 4.47. The topological polar surface area (TPSA) is 78.9 Å². The molecule has 1 unspecified atom stereocenters. The van der Waals surface area contributed by atoms with E-state index < -0.39 is 6.10 Å². The predicted molar refractivity (Wildman–Crippen MR) is 69.2 cm³/mol. The van der Waals surface area contributed by atoms with Gasteiger partial charge in [-0.2, -0.15) is 0 Å². The Morgan fingerprint density at radius 2 is 2.26 bits per heavy atom. The summed E-state index contributed by atoms with van der Waals surface area (Å²) in [6.07, 6.45) is -0.128. The minimum Gasteiger partial charge on any atom is -0.508 e. The van der Waals surface area contributed by atoms with Crippen LogP contribution in [-0.2, 0) is 9.59 Å². The lowest BCUT2D eigenvalue weighted by atomic mass is 10.1. The monoisotopic (exact) mass is 264 g/mol. The molecule has 1 atom stereocenters. The fourth-order valence-electron chi connectivity index (χ4n) is 1.96. The minimum atomic E-state index is -0.626. The van der Waals surface area contributed by atoms with E-state index in [9.17, 15) is 14.7 Å². The van der Waals surface area contributed by atoms with Gasteiger partial charge in [-0.3, -0.25) is 14.5 Å². The molecule has 0 aliphatic carbocycles. The Labute approximate surface area is 111 Å². The highest BCUT2D eigenvalue weighted by Gasteiger charge is 2.34. The second kappa shape index (κ2) is 5.17. The van der Waals surface area contributed by atoms with Crippen molar-refractivity contribution in [3.05, 3.63) is 18.2 Å². The van der Waals surface area contributed by atoms with Crippen LogP contribution < -0.4 is 15.0 Å². The molecule has 2 N–H and O–H groups in total. The van der Waals surface area contributed by atoms with E-state index in [4.69, 9.17) is 4.74 Å². The van der Waals surface area contributed by atoms with Gasteiger partial charge in [0, 0.05) is 13.1 Å². The lowest BCUT2D eigenvalue weighted by Gasteiger charge is -2.33. The van der Waals surface area contributed by atoms with Crippen molar-refractivity contribution >= 4 is 17.5 Å². The molecular formula is C13H16N2O4. The molecule has 1 heterocycles. The number of carbonyl (C=O) groups excluding carboxylic acids is 2. The number of ether oxygens (including phenoxy) is 1. The Kier molecular flexibility index (Phi) is 3.59. The number of aromatic hydroxyl groups is 1. The van der Waals surface area contributed by atoms with Gasteiger partial charge < -0.3 is 15.2 Å². The van der Waals surface area contributed by atoms with Crippen LogP contribution >= 0.6 is 0 Å². The van der Waals surface area contributed by atoms with Crippen LogP contribution in [0.4, 0.5) is 5.69 Å². The van der Waals surface area contributed by atoms with E-state index in [0.717, 1.165) is 0 Å². The quantitative estimate of drug-likeness (QED) is 0.839. The number of amides is 2. The van der Waals surface area contributed by atoms with Crippen LogP contribution in [0.2, 0.25) is 0 Å². The van der Waals surface area contributed by atoms with Gasteiger partial charge in [-0.15, -0.1) is 0 Å². The second-order valence-corrected chi connectivity index (χ2v) is 4.26. The number of fused-ring (bicyclic) bond motifs is 1. The summed E-state index contributed by atoms with van der Waals surface area (Å²) in [5, 5.41) is 11.9. The zero-order chi connectivity index (χ0) is 14.0. The average Bonchev–Trinajstić information content (AvgIpc) is 2.41. The highest BCUT2D eigenvalue weighted by atomic mass is 16.5. The molecule has 19 heavy (non-hydrogen) atoms. The summed E-state index contributed by atoms with van der Waals surface area (Å²) in [6.45, 7) is 1.77. The van der Waals surface area contributed by atoms with Crippen LogP contribution in [0.15, 0.2) is 18.2 Å². The minimum absolute atomic E-state index is 0.0582. The molecule has 2 amide bonds. The Hall–Kier alpha value is -2.24. The van der Waals surface area contributed by atoms with E-state index in [1.165, 1.54) is 24.1 Å². The predicted octanol–water partition coefficient (Wildman–Crippen LogP) is 0.642. The first-order chi connectivity index (χ1) is 9.06. The van der Waals surface area contributed by atoms with Crippen molar-refractivity contribution in [2.24, 2.45) is 0 Å². The van der Waals surface area contributed by atoms with E-state index in [0.29, 0.717) is 17.9 Å². The van der Waals surface area contributed by atoms with Crippen LogP contribution in [0.5, 0.6) is 11.5 Å². The van der Waals surface area contributed by atoms with Crippen molar-refractivity contribution in [1.82, 2.24) is 5.32 Å². The average molecular weight is 264 g/mol. The molecule has 0 bridgehead atoms. The molecule has 1 aliphatic heterocycles. The maximum Gasteiger partial charge on any atom is 0.268 e. The molecule has 0 saturated carbocycles. The number of phenols is 1. The third-order valence-electron chi connectivity index (χ3n) is 3.00. The van der Waals surface area contributed by atoms with Crippen molar-refractivity contribution in [2.45, 2.75) is 19.4 Å². The van der Waals surface area contributed by atoms with E-state index >= 15 is 0 Å². The lowest BCUT2D eigenvalue weighted by Crippen LogP contribution is -2.49. The first kappa shape index (κ1) is 13.2. The smallest absolute Gasteiger partial charge is 0.268 e. The Balaban J connectivity index is 2.40. The van der Waals surface area contributed by atoms with Gasteiger partial charge in [0.1, 0.15) is 18.0 Å². The SMILES string of the molecule is CCC1Oc2cc(O)ccc2N(CC(=O)NC)C1=O. The zero-order valence-electron chi connectivity index (χ0n) is 10.8. The van der Waals surface area contributed by atoms with Crippen molar-refractivity contribution in [3.8, 4) is 11.5 Å². The number of rotatable bonds is 3. The number of benzene rings is 1. The molecule has 6 heteroatoms. The van der Waals surface area contributed by atoms with E-state index in [-0.39, 0.29) is 24.1 Å². The van der Waals surface area contributed by atoms with Crippen LogP contribution in [0.1, 0.15) is 13.3 Å². The van der Waals surface area contributed by atoms with Crippen molar-refractivity contribution in [3.63, 3.8) is 0 Å². The first-order valence-electron chi connectivity index (χ1n) is 6.08. The van der Waals surface area contributed by atoms with Crippen LogP contribution in [-0.4, -0.2) is 36.6 Å². The number of phenolic OH excluding ortho intramolecular Hbond substituents is 1. The Morgan fingerprint density at radius 1 is 1.53 bits per heavy atom. The molecule has 102 valence electrons. The second-order valence-electron chi connectivity index (χ2n) is 4.26. The maximum absolute atomic E-state index is 12.2. The van der Waals surface area contributed by atoms with Gasteiger partial charge in [-0.1, -0.05) is 6.92 Å². The summed E-state index contributed by atoms with van der Waals surface area (Å²) in [5.74, 6) is -0.0355. The van der Waals surface area contributed by atoms with Crippen molar-refractivity contribution in [1.29, 1.82) is 0 Å². The van der Waals surface area contributed by atoms with Gasteiger partial charge >= 0.3 is 0 Å². The summed E-state index contributed by atoms with van der Waals surface area (Å²) >= 11 is 0. The maximum atomic E-state index is 12.2. The summed E-state index contributed by atoms with van der Waals surface area (Å²) in [4.78, 5) is 25.1. The van der Waals surface area contributed by atoms with E-state index in [1.54, 1.807) is 6.07 Å². The van der Waals surface area contributed by atoms with Gasteiger partial charge in [-0.25, -0.2) is 0 Å². The number of likely N-dealkylation sites (N-methyl/N-ethyl adjacent to an activating group) is 1. The summed E-state index contributed by atoms with van der Waals surface area (Å²) < 4.78 is 5.54. The van der Waals surface area contributed by atoms with Gasteiger partial charge in [-0.05, 0) is 18.6 Å². The molecule has 6 nitrogen and oxygen atoms in total. The molecule has 1 aliphatic rings. The number of anilines is 1. The number of carbonyl (C=O) groups is 2. The number of hydrogen-bond donors (Lipinski definition) is 2. The van der Waals surface area contributed by atoms with E-state index in [2.05, 4.69) is 5.32 Å².